The molecule has 1 N–H and O–H groups in total. The fraction of sp³-hybridized carbons (Fsp3) is 0.412. The van der Waals surface area contributed by atoms with E-state index in [2.05, 4.69) is 20.6 Å². The molecule has 148 valence electrons. The number of aromatic nitrogens is 4. The number of fused-ring (bicyclic) bond motifs is 1. The number of nitrogens with one attached hydrogen (secondary N) is 1. The maximum atomic E-state index is 13.1. The van der Waals surface area contributed by atoms with E-state index in [-0.39, 0.29) is 17.5 Å². The van der Waals surface area contributed by atoms with Crippen LogP contribution in [-0.4, -0.2) is 38.8 Å². The van der Waals surface area contributed by atoms with Crippen LogP contribution in [0.5, 0.6) is 0 Å². The first-order valence-corrected chi connectivity index (χ1v) is 8.76. The van der Waals surface area contributed by atoms with E-state index in [1.165, 1.54) is 12.3 Å². The highest BCUT2D eigenvalue weighted by Gasteiger charge is 2.38. The van der Waals surface area contributed by atoms with Crippen LogP contribution in [0.4, 0.5) is 19.0 Å². The second kappa shape index (κ2) is 7.13. The SMILES string of the molecule is O=C(NCc1ccco1)C1CCCN(c2ccc3nnc(C(F)(F)F)n3n2)C1. The highest BCUT2D eigenvalue weighted by Crippen LogP contribution is 2.28. The largest absolute Gasteiger partial charge is 0.467 e. The summed E-state index contributed by atoms with van der Waals surface area (Å²) in [4.78, 5) is 14.3. The van der Waals surface area contributed by atoms with Gasteiger partial charge < -0.3 is 14.6 Å². The van der Waals surface area contributed by atoms with E-state index in [1.54, 1.807) is 23.1 Å². The van der Waals surface area contributed by atoms with Gasteiger partial charge in [0, 0.05) is 13.1 Å². The van der Waals surface area contributed by atoms with Crippen LogP contribution >= 0.6 is 0 Å². The van der Waals surface area contributed by atoms with Crippen molar-refractivity contribution < 1.29 is 22.4 Å². The highest BCUT2D eigenvalue weighted by atomic mass is 19.4. The van der Waals surface area contributed by atoms with Gasteiger partial charge in [-0.15, -0.1) is 15.3 Å². The van der Waals surface area contributed by atoms with E-state index < -0.39 is 12.0 Å². The fourth-order valence-electron chi connectivity index (χ4n) is 3.26. The minimum Gasteiger partial charge on any atom is -0.467 e. The lowest BCUT2D eigenvalue weighted by molar-refractivity contribution is -0.146. The molecule has 1 fully saturated rings. The number of amides is 1. The molecule has 11 heteroatoms. The summed E-state index contributed by atoms with van der Waals surface area (Å²) in [5.41, 5.74) is 0.0147. The molecule has 1 aliphatic rings. The number of alkyl halides is 3. The topological polar surface area (TPSA) is 88.6 Å². The zero-order valence-corrected chi connectivity index (χ0v) is 14.7. The third kappa shape index (κ3) is 3.64. The number of anilines is 1. The van der Waals surface area contributed by atoms with E-state index in [9.17, 15) is 18.0 Å². The van der Waals surface area contributed by atoms with Crippen LogP contribution in [0.25, 0.3) is 5.65 Å². The average Bonchev–Trinajstić information content (AvgIpc) is 3.34. The van der Waals surface area contributed by atoms with Crippen molar-refractivity contribution in [1.29, 1.82) is 0 Å². The van der Waals surface area contributed by atoms with Crippen molar-refractivity contribution >= 4 is 17.4 Å². The van der Waals surface area contributed by atoms with Gasteiger partial charge >= 0.3 is 6.18 Å². The quantitative estimate of drug-likeness (QED) is 0.730. The summed E-state index contributed by atoms with van der Waals surface area (Å²) in [7, 11) is 0. The van der Waals surface area contributed by atoms with Crippen molar-refractivity contribution in [2.75, 3.05) is 18.0 Å². The maximum absolute atomic E-state index is 13.1. The summed E-state index contributed by atoms with van der Waals surface area (Å²) in [6, 6.07) is 6.54. The van der Waals surface area contributed by atoms with Crippen LogP contribution in [0.2, 0.25) is 0 Å². The minimum atomic E-state index is -4.65. The third-order valence-electron chi connectivity index (χ3n) is 4.64. The average molecular weight is 394 g/mol. The second-order valence-electron chi connectivity index (χ2n) is 6.57. The third-order valence-corrected chi connectivity index (χ3v) is 4.64. The van der Waals surface area contributed by atoms with Gasteiger partial charge in [0.2, 0.25) is 5.91 Å². The fourth-order valence-corrected chi connectivity index (χ4v) is 3.26. The molecule has 1 saturated heterocycles. The summed E-state index contributed by atoms with van der Waals surface area (Å²) in [5, 5.41) is 13.6. The van der Waals surface area contributed by atoms with Crippen molar-refractivity contribution in [1.82, 2.24) is 25.1 Å². The summed E-state index contributed by atoms with van der Waals surface area (Å²) in [6.45, 7) is 1.26. The molecule has 4 rings (SSSR count). The van der Waals surface area contributed by atoms with Gasteiger partial charge in [0.25, 0.3) is 5.82 Å². The number of nitrogens with zero attached hydrogens (tertiary/aromatic N) is 5. The first kappa shape index (κ1) is 18.3. The number of halogens is 3. The number of hydrogen-bond donors (Lipinski definition) is 1. The van der Waals surface area contributed by atoms with Crippen molar-refractivity contribution in [3.8, 4) is 0 Å². The Balaban J connectivity index is 1.48. The molecule has 1 aliphatic heterocycles. The van der Waals surface area contributed by atoms with Gasteiger partial charge in [0.15, 0.2) is 5.65 Å². The molecule has 0 spiro atoms. The van der Waals surface area contributed by atoms with Crippen LogP contribution in [0, 0.1) is 5.92 Å². The van der Waals surface area contributed by atoms with Crippen LogP contribution in [0.3, 0.4) is 0 Å². The molecular formula is C17H17F3N6O2. The summed E-state index contributed by atoms with van der Waals surface area (Å²) in [5.74, 6) is -0.581. The molecule has 0 bridgehead atoms. The van der Waals surface area contributed by atoms with Crippen molar-refractivity contribution in [2.45, 2.75) is 25.6 Å². The lowest BCUT2D eigenvalue weighted by Crippen LogP contribution is -2.43. The lowest BCUT2D eigenvalue weighted by atomic mass is 9.97. The molecule has 8 nitrogen and oxygen atoms in total. The molecule has 1 unspecified atom stereocenters. The summed E-state index contributed by atoms with van der Waals surface area (Å²) in [6.07, 6.45) is -1.69. The highest BCUT2D eigenvalue weighted by molar-refractivity contribution is 5.79. The summed E-state index contributed by atoms with van der Waals surface area (Å²) >= 11 is 0. The Kier molecular flexibility index (Phi) is 4.65. The van der Waals surface area contributed by atoms with E-state index in [1.807, 2.05) is 0 Å². The van der Waals surface area contributed by atoms with Gasteiger partial charge in [-0.25, -0.2) is 0 Å². The predicted octanol–water partition coefficient (Wildman–Crippen LogP) is 2.27. The molecule has 0 aliphatic carbocycles. The van der Waals surface area contributed by atoms with Crippen LogP contribution < -0.4 is 10.2 Å². The molecular weight excluding hydrogens is 377 g/mol. The Labute approximate surface area is 157 Å². The van der Waals surface area contributed by atoms with Gasteiger partial charge in [-0.3, -0.25) is 4.79 Å². The van der Waals surface area contributed by atoms with Crippen molar-refractivity contribution in [2.24, 2.45) is 5.92 Å². The number of piperidine rings is 1. The zero-order chi connectivity index (χ0) is 19.7. The Morgan fingerprint density at radius 2 is 2.14 bits per heavy atom. The van der Waals surface area contributed by atoms with Crippen LogP contribution in [0.15, 0.2) is 34.9 Å². The molecule has 0 aromatic carbocycles. The first-order chi connectivity index (χ1) is 13.4. The molecule has 28 heavy (non-hydrogen) atoms. The standard InChI is InChI=1S/C17H17F3N6O2/c18-17(19,20)16-23-22-13-5-6-14(24-26(13)16)25-7-1-3-11(10-25)15(27)21-9-12-4-2-8-28-12/h2,4-6,8,11H,1,3,7,9-10H2,(H,21,27). The van der Waals surface area contributed by atoms with E-state index in [0.717, 1.165) is 6.42 Å². The Morgan fingerprint density at radius 3 is 2.89 bits per heavy atom. The van der Waals surface area contributed by atoms with Gasteiger partial charge in [-0.05, 0) is 37.1 Å². The Morgan fingerprint density at radius 1 is 1.29 bits per heavy atom. The minimum absolute atomic E-state index is 0.0147. The first-order valence-electron chi connectivity index (χ1n) is 8.76. The van der Waals surface area contributed by atoms with Gasteiger partial charge in [-0.2, -0.15) is 17.7 Å². The van der Waals surface area contributed by atoms with Crippen LogP contribution in [0.1, 0.15) is 24.4 Å². The second-order valence-corrected chi connectivity index (χ2v) is 6.57. The van der Waals surface area contributed by atoms with Gasteiger partial charge in [-0.1, -0.05) is 0 Å². The van der Waals surface area contributed by atoms with Crippen LogP contribution in [-0.2, 0) is 17.5 Å². The zero-order valence-electron chi connectivity index (χ0n) is 14.7. The number of hydrogen-bond acceptors (Lipinski definition) is 6. The molecule has 3 aromatic rings. The number of carbonyl (C=O) groups is 1. The molecule has 0 saturated carbocycles. The molecule has 1 atom stereocenters. The molecule has 4 heterocycles. The van der Waals surface area contributed by atoms with E-state index in [4.69, 9.17) is 4.42 Å². The summed E-state index contributed by atoms with van der Waals surface area (Å²) < 4.78 is 45.1. The smallest absolute Gasteiger partial charge is 0.453 e. The predicted molar refractivity (Wildman–Crippen MR) is 91.3 cm³/mol. The molecule has 1 amide bonds. The number of carbonyl (C=O) groups excluding carboxylic acids is 1. The Hall–Kier alpha value is -3.11. The lowest BCUT2D eigenvalue weighted by Gasteiger charge is -2.32. The number of rotatable bonds is 4. The number of furan rings is 1. The van der Waals surface area contributed by atoms with Crippen molar-refractivity contribution in [3.05, 3.63) is 42.1 Å². The van der Waals surface area contributed by atoms with Crippen molar-refractivity contribution in [3.63, 3.8) is 0 Å². The van der Waals surface area contributed by atoms with E-state index >= 15 is 0 Å². The van der Waals surface area contributed by atoms with Gasteiger partial charge in [0.05, 0.1) is 18.7 Å². The Bertz CT molecular complexity index is 969. The maximum Gasteiger partial charge on any atom is 0.453 e. The molecule has 0 radical (unpaired) electrons. The monoisotopic (exact) mass is 394 g/mol. The molecule has 3 aromatic heterocycles. The normalized spacial score (nSPS) is 17.8. The van der Waals surface area contributed by atoms with Gasteiger partial charge in [0.1, 0.15) is 11.6 Å². The van der Waals surface area contributed by atoms with E-state index in [0.29, 0.717) is 42.1 Å².